The second kappa shape index (κ2) is 9.37. The Morgan fingerprint density at radius 2 is 2.07 bits per heavy atom. The molecule has 0 atom stereocenters. The van der Waals surface area contributed by atoms with Gasteiger partial charge in [0.2, 0.25) is 5.88 Å². The predicted molar refractivity (Wildman–Crippen MR) is 114 cm³/mol. The Labute approximate surface area is 174 Å². The molecule has 154 valence electrons. The Kier molecular flexibility index (Phi) is 6.20. The van der Waals surface area contributed by atoms with E-state index in [1.807, 2.05) is 48.9 Å². The maximum absolute atomic E-state index is 12.9. The largest absolute Gasteiger partial charge is 0.481 e. The van der Waals surface area contributed by atoms with E-state index in [9.17, 15) is 4.79 Å². The number of aryl methyl sites for hydroxylation is 1. The number of methoxy groups -OCH3 is 1. The smallest absolute Gasteiger partial charge is 0.213 e. The summed E-state index contributed by atoms with van der Waals surface area (Å²) in [5.74, 6) is 0.580. The number of ether oxygens (including phenoxy) is 1. The van der Waals surface area contributed by atoms with Crippen molar-refractivity contribution in [2.45, 2.75) is 26.1 Å². The van der Waals surface area contributed by atoms with Crippen molar-refractivity contribution in [3.63, 3.8) is 0 Å². The van der Waals surface area contributed by atoms with Crippen molar-refractivity contribution in [2.24, 2.45) is 0 Å². The van der Waals surface area contributed by atoms with E-state index in [0.717, 1.165) is 25.1 Å². The van der Waals surface area contributed by atoms with Crippen LogP contribution in [-0.4, -0.2) is 33.1 Å². The minimum absolute atomic E-state index is 0.0174. The molecule has 3 heterocycles. The van der Waals surface area contributed by atoms with Gasteiger partial charge in [-0.05, 0) is 30.2 Å². The van der Waals surface area contributed by atoms with Gasteiger partial charge >= 0.3 is 0 Å². The molecule has 4 rings (SSSR count). The second-order valence-corrected chi connectivity index (χ2v) is 7.16. The van der Waals surface area contributed by atoms with Crippen molar-refractivity contribution >= 4 is 11.0 Å². The minimum Gasteiger partial charge on any atom is -0.481 e. The summed E-state index contributed by atoms with van der Waals surface area (Å²) in [4.78, 5) is 23.5. The number of hydrogen-bond acceptors (Lipinski definition) is 6. The van der Waals surface area contributed by atoms with Crippen LogP contribution in [0.15, 0.2) is 76.8 Å². The topological polar surface area (TPSA) is 73.4 Å². The molecule has 0 aliphatic rings. The Morgan fingerprint density at radius 3 is 2.90 bits per heavy atom. The van der Waals surface area contributed by atoms with Crippen molar-refractivity contribution in [1.29, 1.82) is 0 Å². The number of benzene rings is 1. The van der Waals surface area contributed by atoms with E-state index in [1.54, 1.807) is 25.8 Å². The normalized spacial score (nSPS) is 11.3. The Bertz CT molecular complexity index is 1150. The maximum Gasteiger partial charge on any atom is 0.213 e. The number of imidazole rings is 1. The summed E-state index contributed by atoms with van der Waals surface area (Å²) in [6, 6.07) is 11.2. The van der Waals surface area contributed by atoms with Crippen LogP contribution in [0.2, 0.25) is 0 Å². The molecule has 30 heavy (non-hydrogen) atoms. The SMILES string of the molecule is COc1cc(CN(CCCn2ccnc2)Cc2coc3ccccc3c2=O)ccn1. The number of aromatic nitrogens is 3. The molecular weight excluding hydrogens is 380 g/mol. The lowest BCUT2D eigenvalue weighted by atomic mass is 10.1. The molecule has 0 saturated heterocycles. The summed E-state index contributed by atoms with van der Waals surface area (Å²) in [5.41, 5.74) is 2.35. The Balaban J connectivity index is 1.54. The van der Waals surface area contributed by atoms with Crippen molar-refractivity contribution in [2.75, 3.05) is 13.7 Å². The molecule has 0 fully saturated rings. The fourth-order valence-corrected chi connectivity index (χ4v) is 3.50. The van der Waals surface area contributed by atoms with Gasteiger partial charge in [-0.2, -0.15) is 0 Å². The van der Waals surface area contributed by atoms with Crippen LogP contribution in [-0.2, 0) is 19.6 Å². The highest BCUT2D eigenvalue weighted by Gasteiger charge is 2.13. The summed E-state index contributed by atoms with van der Waals surface area (Å²) >= 11 is 0. The highest BCUT2D eigenvalue weighted by molar-refractivity contribution is 5.76. The van der Waals surface area contributed by atoms with E-state index in [4.69, 9.17) is 9.15 Å². The fourth-order valence-electron chi connectivity index (χ4n) is 3.50. The first-order valence-electron chi connectivity index (χ1n) is 9.89. The maximum atomic E-state index is 12.9. The summed E-state index contributed by atoms with van der Waals surface area (Å²) in [5, 5.41) is 0.610. The van der Waals surface area contributed by atoms with Crippen LogP contribution in [0.5, 0.6) is 5.88 Å². The number of nitrogens with zero attached hydrogens (tertiary/aromatic N) is 4. The summed E-state index contributed by atoms with van der Waals surface area (Å²) in [6.07, 6.45) is 9.80. The van der Waals surface area contributed by atoms with Gasteiger partial charge in [-0.1, -0.05) is 12.1 Å². The van der Waals surface area contributed by atoms with E-state index in [1.165, 1.54) is 0 Å². The third-order valence-corrected chi connectivity index (χ3v) is 5.01. The van der Waals surface area contributed by atoms with E-state index < -0.39 is 0 Å². The molecule has 4 aromatic rings. The van der Waals surface area contributed by atoms with Crippen molar-refractivity contribution in [3.8, 4) is 5.88 Å². The summed E-state index contributed by atoms with van der Waals surface area (Å²) in [6.45, 7) is 2.86. The zero-order valence-electron chi connectivity index (χ0n) is 16.9. The average Bonchev–Trinajstić information content (AvgIpc) is 3.29. The highest BCUT2D eigenvalue weighted by Crippen LogP contribution is 2.15. The molecule has 3 aromatic heterocycles. The van der Waals surface area contributed by atoms with Gasteiger partial charge in [-0.25, -0.2) is 9.97 Å². The van der Waals surface area contributed by atoms with Crippen LogP contribution < -0.4 is 10.2 Å². The lowest BCUT2D eigenvalue weighted by Crippen LogP contribution is -2.27. The molecule has 0 bridgehead atoms. The summed E-state index contributed by atoms with van der Waals surface area (Å²) in [7, 11) is 1.61. The number of fused-ring (bicyclic) bond motifs is 1. The van der Waals surface area contributed by atoms with Crippen molar-refractivity contribution in [1.82, 2.24) is 19.4 Å². The molecular formula is C23H24N4O3. The van der Waals surface area contributed by atoms with Gasteiger partial charge in [0.1, 0.15) is 5.58 Å². The first-order valence-corrected chi connectivity index (χ1v) is 9.89. The fraction of sp³-hybridized carbons (Fsp3) is 0.261. The second-order valence-electron chi connectivity index (χ2n) is 7.16. The van der Waals surface area contributed by atoms with Crippen LogP contribution in [0, 0.1) is 0 Å². The third-order valence-electron chi connectivity index (χ3n) is 5.01. The standard InChI is InChI=1S/C23H24N4O3/c1-29-22-13-18(7-8-25-22)14-27(11-4-10-26-12-9-24-17-26)15-19-16-30-21-6-3-2-5-20(21)23(19)28/h2-3,5-9,12-13,16-17H,4,10-11,14-15H2,1H3. The lowest BCUT2D eigenvalue weighted by Gasteiger charge is -2.22. The predicted octanol–water partition coefficient (Wildman–Crippen LogP) is 3.49. The molecule has 0 radical (unpaired) electrons. The number of para-hydroxylation sites is 1. The van der Waals surface area contributed by atoms with Crippen LogP contribution in [0.3, 0.4) is 0 Å². The number of rotatable bonds is 9. The molecule has 0 aliphatic carbocycles. The Morgan fingerprint density at radius 1 is 1.17 bits per heavy atom. The van der Waals surface area contributed by atoms with Gasteiger partial charge < -0.3 is 13.7 Å². The van der Waals surface area contributed by atoms with Crippen LogP contribution in [0.25, 0.3) is 11.0 Å². The summed E-state index contributed by atoms with van der Waals surface area (Å²) < 4.78 is 13.0. The third kappa shape index (κ3) is 4.75. The van der Waals surface area contributed by atoms with Crippen molar-refractivity contribution < 1.29 is 9.15 Å². The first kappa shape index (κ1) is 19.8. The monoisotopic (exact) mass is 404 g/mol. The van der Waals surface area contributed by atoms with E-state index in [0.29, 0.717) is 35.5 Å². The molecule has 0 aliphatic heterocycles. The van der Waals surface area contributed by atoms with Gasteiger partial charge in [-0.3, -0.25) is 9.69 Å². The van der Waals surface area contributed by atoms with E-state index in [2.05, 4.69) is 19.4 Å². The number of hydrogen-bond donors (Lipinski definition) is 0. The van der Waals surface area contributed by atoms with Crippen molar-refractivity contribution in [3.05, 3.63) is 88.9 Å². The van der Waals surface area contributed by atoms with E-state index in [-0.39, 0.29) is 5.43 Å². The molecule has 1 aromatic carbocycles. The van der Waals surface area contributed by atoms with Gasteiger partial charge in [0.05, 0.1) is 25.1 Å². The average molecular weight is 404 g/mol. The molecule has 0 saturated carbocycles. The van der Waals surface area contributed by atoms with Crippen LogP contribution >= 0.6 is 0 Å². The molecule has 0 spiro atoms. The zero-order valence-corrected chi connectivity index (χ0v) is 16.9. The molecule has 0 unspecified atom stereocenters. The highest BCUT2D eigenvalue weighted by atomic mass is 16.5. The first-order chi connectivity index (χ1) is 14.7. The van der Waals surface area contributed by atoms with E-state index >= 15 is 0 Å². The Hall–Kier alpha value is -3.45. The zero-order chi connectivity index (χ0) is 20.8. The minimum atomic E-state index is 0.0174. The quantitative estimate of drug-likeness (QED) is 0.425. The number of pyridine rings is 1. The van der Waals surface area contributed by atoms with Gasteiger partial charge in [-0.15, -0.1) is 0 Å². The van der Waals surface area contributed by atoms with Crippen LogP contribution in [0.1, 0.15) is 17.5 Å². The molecule has 0 amide bonds. The molecule has 7 heteroatoms. The van der Waals surface area contributed by atoms with Gasteiger partial charge in [0, 0.05) is 56.4 Å². The lowest BCUT2D eigenvalue weighted by molar-refractivity contribution is 0.245. The molecule has 7 nitrogen and oxygen atoms in total. The van der Waals surface area contributed by atoms with Gasteiger partial charge in [0.15, 0.2) is 5.43 Å². The molecule has 0 N–H and O–H groups in total. The van der Waals surface area contributed by atoms with Gasteiger partial charge in [0.25, 0.3) is 0 Å². The van der Waals surface area contributed by atoms with Crippen LogP contribution in [0.4, 0.5) is 0 Å².